The van der Waals surface area contributed by atoms with E-state index in [1.54, 1.807) is 6.07 Å². The minimum Gasteiger partial charge on any atom is -0.457 e. The zero-order valence-corrected chi connectivity index (χ0v) is 18.8. The lowest BCUT2D eigenvalue weighted by Crippen LogP contribution is -2.37. The van der Waals surface area contributed by atoms with Gasteiger partial charge in [0.15, 0.2) is 0 Å². The minimum absolute atomic E-state index is 0.0892. The highest BCUT2D eigenvalue weighted by atomic mass is 16.5. The number of pyridine rings is 1. The van der Waals surface area contributed by atoms with Crippen LogP contribution in [0.3, 0.4) is 0 Å². The largest absolute Gasteiger partial charge is 0.457 e. The maximum Gasteiger partial charge on any atom is 0.251 e. The van der Waals surface area contributed by atoms with Crippen molar-refractivity contribution in [1.29, 1.82) is 0 Å². The Hall–Kier alpha value is -3.70. The molecule has 33 heavy (non-hydrogen) atoms. The van der Waals surface area contributed by atoms with Crippen LogP contribution in [0, 0.1) is 6.92 Å². The van der Waals surface area contributed by atoms with Crippen LogP contribution in [0.15, 0.2) is 78.9 Å². The van der Waals surface area contributed by atoms with Crippen LogP contribution in [0.5, 0.6) is 11.5 Å². The minimum atomic E-state index is -0.0892. The first-order valence-electron chi connectivity index (χ1n) is 11.4. The Morgan fingerprint density at radius 1 is 1.00 bits per heavy atom. The molecule has 0 aliphatic carbocycles. The molecule has 0 spiro atoms. The molecule has 1 aromatic heterocycles. The second-order valence-electron chi connectivity index (χ2n) is 8.46. The first-order valence-corrected chi connectivity index (χ1v) is 11.4. The van der Waals surface area contributed by atoms with Gasteiger partial charge in [0.25, 0.3) is 5.91 Å². The van der Waals surface area contributed by atoms with Crippen LogP contribution >= 0.6 is 0 Å². The maximum atomic E-state index is 12.8. The standard InChI is InChI=1S/C28H27N3O2/c1-20-17-27(25-11-4-5-12-26(25)30-20)33-24-10-6-9-22(18-24)28(32)29-14-16-31-15-13-21-7-2-3-8-23(21)19-31/h2-12,17-18H,13-16,19H2,1H3,(H,29,32). The average Bonchev–Trinajstić information content (AvgIpc) is 2.84. The number of carbonyl (C=O) groups excluding carboxylic acids is 1. The summed E-state index contributed by atoms with van der Waals surface area (Å²) in [5, 5.41) is 4.00. The Morgan fingerprint density at radius 2 is 1.82 bits per heavy atom. The molecule has 1 N–H and O–H groups in total. The van der Waals surface area contributed by atoms with Crippen LogP contribution in [-0.4, -0.2) is 35.4 Å². The number of ether oxygens (including phenoxy) is 1. The van der Waals surface area contributed by atoms with Crippen molar-refractivity contribution in [2.24, 2.45) is 0 Å². The smallest absolute Gasteiger partial charge is 0.251 e. The van der Waals surface area contributed by atoms with Gasteiger partial charge in [-0.1, -0.05) is 42.5 Å². The van der Waals surface area contributed by atoms with Gasteiger partial charge in [0.1, 0.15) is 11.5 Å². The van der Waals surface area contributed by atoms with Gasteiger partial charge in [-0.3, -0.25) is 14.7 Å². The summed E-state index contributed by atoms with van der Waals surface area (Å²) in [6.07, 6.45) is 1.06. The van der Waals surface area contributed by atoms with Crippen LogP contribution in [0.25, 0.3) is 10.9 Å². The number of hydrogen-bond acceptors (Lipinski definition) is 4. The highest BCUT2D eigenvalue weighted by Gasteiger charge is 2.16. The van der Waals surface area contributed by atoms with E-state index in [0.29, 0.717) is 17.9 Å². The van der Waals surface area contributed by atoms with Crippen molar-refractivity contribution in [3.05, 3.63) is 101 Å². The van der Waals surface area contributed by atoms with Gasteiger partial charge in [-0.15, -0.1) is 0 Å². The Kier molecular flexibility index (Phi) is 6.05. The van der Waals surface area contributed by atoms with E-state index >= 15 is 0 Å². The van der Waals surface area contributed by atoms with Crippen molar-refractivity contribution in [2.75, 3.05) is 19.6 Å². The van der Waals surface area contributed by atoms with Crippen LogP contribution < -0.4 is 10.1 Å². The molecule has 0 radical (unpaired) electrons. The third-order valence-corrected chi connectivity index (χ3v) is 6.05. The van der Waals surface area contributed by atoms with E-state index in [0.717, 1.165) is 48.4 Å². The Balaban J connectivity index is 1.21. The van der Waals surface area contributed by atoms with Crippen molar-refractivity contribution in [2.45, 2.75) is 19.9 Å². The molecule has 0 saturated carbocycles. The molecule has 0 atom stereocenters. The van der Waals surface area contributed by atoms with E-state index in [4.69, 9.17) is 4.74 Å². The van der Waals surface area contributed by atoms with Crippen molar-refractivity contribution < 1.29 is 9.53 Å². The van der Waals surface area contributed by atoms with Crippen molar-refractivity contribution >= 4 is 16.8 Å². The Morgan fingerprint density at radius 3 is 2.73 bits per heavy atom. The molecular weight excluding hydrogens is 410 g/mol. The SMILES string of the molecule is Cc1cc(Oc2cccc(C(=O)NCCN3CCc4ccccc4C3)c2)c2ccccc2n1. The van der Waals surface area contributed by atoms with Gasteiger partial charge in [-0.25, -0.2) is 0 Å². The molecule has 2 heterocycles. The van der Waals surface area contributed by atoms with Crippen LogP contribution in [0.2, 0.25) is 0 Å². The summed E-state index contributed by atoms with van der Waals surface area (Å²) in [4.78, 5) is 19.7. The first kappa shape index (κ1) is 21.2. The molecule has 1 aliphatic heterocycles. The summed E-state index contributed by atoms with van der Waals surface area (Å²) >= 11 is 0. The number of para-hydroxylation sites is 1. The van der Waals surface area contributed by atoms with Gasteiger partial charge in [0, 0.05) is 48.9 Å². The lowest BCUT2D eigenvalue weighted by atomic mass is 10.00. The van der Waals surface area contributed by atoms with Gasteiger partial charge in [-0.2, -0.15) is 0 Å². The predicted molar refractivity (Wildman–Crippen MR) is 131 cm³/mol. The number of carbonyl (C=O) groups is 1. The third-order valence-electron chi connectivity index (χ3n) is 6.05. The van der Waals surface area contributed by atoms with E-state index in [-0.39, 0.29) is 5.91 Å². The fourth-order valence-electron chi connectivity index (χ4n) is 4.36. The quantitative estimate of drug-likeness (QED) is 0.455. The highest BCUT2D eigenvalue weighted by Crippen LogP contribution is 2.30. The lowest BCUT2D eigenvalue weighted by Gasteiger charge is -2.28. The topological polar surface area (TPSA) is 54.5 Å². The zero-order chi connectivity index (χ0) is 22.6. The molecule has 3 aromatic carbocycles. The Labute approximate surface area is 194 Å². The van der Waals surface area contributed by atoms with Crippen LogP contribution in [-0.2, 0) is 13.0 Å². The molecule has 0 unspecified atom stereocenters. The zero-order valence-electron chi connectivity index (χ0n) is 18.8. The van der Waals surface area contributed by atoms with Crippen molar-refractivity contribution in [1.82, 2.24) is 15.2 Å². The molecule has 1 aliphatic rings. The summed E-state index contributed by atoms with van der Waals surface area (Å²) in [6.45, 7) is 5.35. The summed E-state index contributed by atoms with van der Waals surface area (Å²) < 4.78 is 6.17. The van der Waals surface area contributed by atoms with E-state index < -0.39 is 0 Å². The number of nitrogens with one attached hydrogen (secondary N) is 1. The van der Waals surface area contributed by atoms with Gasteiger partial charge in [0.05, 0.1) is 5.52 Å². The van der Waals surface area contributed by atoms with Gasteiger partial charge < -0.3 is 10.1 Å². The maximum absolute atomic E-state index is 12.8. The molecular formula is C28H27N3O2. The predicted octanol–water partition coefficient (Wildman–Crippen LogP) is 5.12. The van der Waals surface area contributed by atoms with Crippen LogP contribution in [0.1, 0.15) is 27.2 Å². The highest BCUT2D eigenvalue weighted by molar-refractivity contribution is 5.94. The molecule has 4 aromatic rings. The summed E-state index contributed by atoms with van der Waals surface area (Å²) in [5.41, 5.74) is 5.19. The monoisotopic (exact) mass is 437 g/mol. The Bertz CT molecular complexity index is 1300. The van der Waals surface area contributed by atoms with Gasteiger partial charge >= 0.3 is 0 Å². The molecule has 5 rings (SSSR count). The van der Waals surface area contributed by atoms with E-state index in [9.17, 15) is 4.79 Å². The van der Waals surface area contributed by atoms with E-state index in [1.807, 2.05) is 55.5 Å². The number of hydrogen-bond donors (Lipinski definition) is 1. The molecule has 166 valence electrons. The number of aryl methyl sites for hydroxylation is 1. The molecule has 0 saturated heterocycles. The van der Waals surface area contributed by atoms with Gasteiger partial charge in [-0.05, 0) is 54.8 Å². The molecule has 5 nitrogen and oxygen atoms in total. The first-order chi connectivity index (χ1) is 16.2. The number of aromatic nitrogens is 1. The molecule has 1 amide bonds. The van der Waals surface area contributed by atoms with Crippen LogP contribution in [0.4, 0.5) is 0 Å². The summed E-state index contributed by atoms with van der Waals surface area (Å²) in [7, 11) is 0. The molecule has 0 fully saturated rings. The fraction of sp³-hybridized carbons (Fsp3) is 0.214. The van der Waals surface area contributed by atoms with E-state index in [2.05, 4.69) is 39.5 Å². The number of rotatable bonds is 6. The lowest BCUT2D eigenvalue weighted by molar-refractivity contribution is 0.0947. The number of nitrogens with zero attached hydrogens (tertiary/aromatic N) is 2. The second-order valence-corrected chi connectivity index (χ2v) is 8.46. The number of fused-ring (bicyclic) bond motifs is 2. The number of amides is 1. The molecule has 0 bridgehead atoms. The summed E-state index contributed by atoms with van der Waals surface area (Å²) in [5.74, 6) is 1.28. The van der Waals surface area contributed by atoms with Gasteiger partial charge in [0.2, 0.25) is 0 Å². The fourth-order valence-corrected chi connectivity index (χ4v) is 4.36. The van der Waals surface area contributed by atoms with Crippen molar-refractivity contribution in [3.8, 4) is 11.5 Å². The number of benzene rings is 3. The van der Waals surface area contributed by atoms with E-state index in [1.165, 1.54) is 11.1 Å². The van der Waals surface area contributed by atoms with Crippen molar-refractivity contribution in [3.63, 3.8) is 0 Å². The molecule has 5 heteroatoms. The normalized spacial score (nSPS) is 13.5. The third kappa shape index (κ3) is 4.89. The summed E-state index contributed by atoms with van der Waals surface area (Å²) in [6, 6.07) is 25.7. The second kappa shape index (κ2) is 9.43. The average molecular weight is 438 g/mol.